The fraction of sp³-hybridized carbons (Fsp3) is 0.0769. The van der Waals surface area contributed by atoms with E-state index in [-0.39, 0.29) is 5.82 Å². The second kappa shape index (κ2) is 4.94. The van der Waals surface area contributed by atoms with Crippen molar-refractivity contribution in [1.82, 2.24) is 0 Å². The van der Waals surface area contributed by atoms with Crippen molar-refractivity contribution in [2.45, 2.75) is 0 Å². The van der Waals surface area contributed by atoms with Crippen LogP contribution in [0.15, 0.2) is 35.7 Å². The van der Waals surface area contributed by atoms with E-state index in [1.54, 1.807) is 30.5 Å². The summed E-state index contributed by atoms with van der Waals surface area (Å²) < 4.78 is 13.6. The average Bonchev–Trinajstić information content (AvgIpc) is 2.80. The van der Waals surface area contributed by atoms with Gasteiger partial charge in [-0.2, -0.15) is 0 Å². The summed E-state index contributed by atoms with van der Waals surface area (Å²) in [6.07, 6.45) is 3.72. The minimum absolute atomic E-state index is 0.209. The molecule has 2 aromatic rings. The SMILES string of the molecule is CNc1cccc(F)c1/C=C/c1cccs1. The molecule has 1 aromatic carbocycles. The van der Waals surface area contributed by atoms with Gasteiger partial charge in [0.25, 0.3) is 0 Å². The number of anilines is 1. The van der Waals surface area contributed by atoms with Crippen LogP contribution >= 0.6 is 11.3 Å². The molecule has 1 N–H and O–H groups in total. The van der Waals surface area contributed by atoms with Gasteiger partial charge in [-0.3, -0.25) is 0 Å². The highest BCUT2D eigenvalue weighted by molar-refractivity contribution is 7.10. The Morgan fingerprint density at radius 3 is 2.75 bits per heavy atom. The maximum absolute atomic E-state index is 13.6. The molecule has 82 valence electrons. The predicted octanol–water partition coefficient (Wildman–Crippen LogP) is 4.10. The number of halogens is 1. The molecule has 2 rings (SSSR count). The zero-order valence-electron chi connectivity index (χ0n) is 8.91. The summed E-state index contributed by atoms with van der Waals surface area (Å²) in [7, 11) is 1.79. The van der Waals surface area contributed by atoms with Crippen LogP contribution in [0.4, 0.5) is 10.1 Å². The Bertz CT molecular complexity index is 489. The molecule has 0 aliphatic carbocycles. The number of benzene rings is 1. The highest BCUT2D eigenvalue weighted by Crippen LogP contribution is 2.22. The first kappa shape index (κ1) is 10.9. The Morgan fingerprint density at radius 2 is 2.06 bits per heavy atom. The fourth-order valence-corrected chi connectivity index (χ4v) is 2.09. The van der Waals surface area contributed by atoms with Gasteiger partial charge in [0, 0.05) is 23.2 Å². The first-order chi connectivity index (χ1) is 7.81. The maximum Gasteiger partial charge on any atom is 0.132 e. The lowest BCUT2D eigenvalue weighted by atomic mass is 10.1. The van der Waals surface area contributed by atoms with Gasteiger partial charge in [0.15, 0.2) is 0 Å². The van der Waals surface area contributed by atoms with Crippen molar-refractivity contribution in [3.8, 4) is 0 Å². The van der Waals surface area contributed by atoms with Crippen molar-refractivity contribution in [1.29, 1.82) is 0 Å². The molecule has 16 heavy (non-hydrogen) atoms. The summed E-state index contributed by atoms with van der Waals surface area (Å²) in [4.78, 5) is 1.12. The van der Waals surface area contributed by atoms with Crippen LogP contribution in [0.25, 0.3) is 12.2 Å². The molecule has 0 aliphatic heterocycles. The molecule has 0 atom stereocenters. The zero-order valence-corrected chi connectivity index (χ0v) is 9.72. The van der Waals surface area contributed by atoms with Crippen LogP contribution in [0.2, 0.25) is 0 Å². The van der Waals surface area contributed by atoms with Gasteiger partial charge in [0.2, 0.25) is 0 Å². The average molecular weight is 233 g/mol. The number of hydrogen-bond acceptors (Lipinski definition) is 2. The molecule has 0 radical (unpaired) electrons. The topological polar surface area (TPSA) is 12.0 Å². The summed E-state index contributed by atoms with van der Waals surface area (Å²) in [5.74, 6) is -0.209. The van der Waals surface area contributed by atoms with E-state index in [0.717, 1.165) is 10.6 Å². The molecule has 0 saturated heterocycles. The van der Waals surface area contributed by atoms with E-state index in [9.17, 15) is 4.39 Å². The van der Waals surface area contributed by atoms with Crippen LogP contribution in [-0.4, -0.2) is 7.05 Å². The predicted molar refractivity (Wildman–Crippen MR) is 69.2 cm³/mol. The quantitative estimate of drug-likeness (QED) is 0.841. The summed E-state index contributed by atoms with van der Waals surface area (Å²) in [5.41, 5.74) is 1.39. The van der Waals surface area contributed by atoms with Gasteiger partial charge in [-0.05, 0) is 35.7 Å². The van der Waals surface area contributed by atoms with Crippen molar-refractivity contribution < 1.29 is 4.39 Å². The fourth-order valence-electron chi connectivity index (χ4n) is 1.48. The minimum Gasteiger partial charge on any atom is -0.388 e. The second-order valence-corrected chi connectivity index (χ2v) is 4.28. The van der Waals surface area contributed by atoms with E-state index >= 15 is 0 Å². The summed E-state index contributed by atoms with van der Waals surface area (Å²) in [5, 5.41) is 4.98. The first-order valence-corrected chi connectivity index (χ1v) is 5.87. The molecule has 0 saturated carbocycles. The lowest BCUT2D eigenvalue weighted by Gasteiger charge is -2.05. The molecule has 1 nitrogen and oxygen atoms in total. The molecule has 1 heterocycles. The number of hydrogen-bond donors (Lipinski definition) is 1. The Morgan fingerprint density at radius 1 is 1.19 bits per heavy atom. The van der Waals surface area contributed by atoms with E-state index in [4.69, 9.17) is 0 Å². The molecule has 0 bridgehead atoms. The van der Waals surface area contributed by atoms with E-state index in [1.165, 1.54) is 6.07 Å². The van der Waals surface area contributed by atoms with Gasteiger partial charge in [-0.1, -0.05) is 12.1 Å². The van der Waals surface area contributed by atoms with Crippen LogP contribution in [0.3, 0.4) is 0 Å². The Labute approximate surface area is 98.2 Å². The molecule has 0 amide bonds. The minimum atomic E-state index is -0.209. The highest BCUT2D eigenvalue weighted by atomic mass is 32.1. The lowest BCUT2D eigenvalue weighted by molar-refractivity contribution is 0.626. The van der Waals surface area contributed by atoms with Crippen LogP contribution in [-0.2, 0) is 0 Å². The Balaban J connectivity index is 2.33. The smallest absolute Gasteiger partial charge is 0.132 e. The molecular weight excluding hydrogens is 221 g/mol. The van der Waals surface area contributed by atoms with Gasteiger partial charge in [-0.25, -0.2) is 4.39 Å². The zero-order chi connectivity index (χ0) is 11.4. The summed E-state index contributed by atoms with van der Waals surface area (Å²) in [6.45, 7) is 0. The van der Waals surface area contributed by atoms with E-state index < -0.39 is 0 Å². The van der Waals surface area contributed by atoms with Crippen LogP contribution in [0, 0.1) is 5.82 Å². The molecule has 0 fully saturated rings. The van der Waals surface area contributed by atoms with Crippen molar-refractivity contribution in [3.05, 3.63) is 52.0 Å². The normalized spacial score (nSPS) is 10.9. The number of nitrogens with one attached hydrogen (secondary N) is 1. The Hall–Kier alpha value is -1.61. The molecule has 0 unspecified atom stereocenters. The van der Waals surface area contributed by atoms with Gasteiger partial charge < -0.3 is 5.32 Å². The van der Waals surface area contributed by atoms with E-state index in [1.807, 2.05) is 29.7 Å². The largest absolute Gasteiger partial charge is 0.388 e. The monoisotopic (exact) mass is 233 g/mol. The molecule has 0 spiro atoms. The number of thiophene rings is 1. The van der Waals surface area contributed by atoms with Crippen molar-refractivity contribution in [2.75, 3.05) is 12.4 Å². The van der Waals surface area contributed by atoms with Crippen LogP contribution < -0.4 is 5.32 Å². The third-order valence-corrected chi connectivity index (χ3v) is 3.12. The first-order valence-electron chi connectivity index (χ1n) is 4.99. The second-order valence-electron chi connectivity index (χ2n) is 3.30. The van der Waals surface area contributed by atoms with Crippen molar-refractivity contribution >= 4 is 29.2 Å². The highest BCUT2D eigenvalue weighted by Gasteiger charge is 2.03. The standard InChI is InChI=1S/C13H12FNS/c1-15-13-6-2-5-12(14)11(13)8-7-10-4-3-9-16-10/h2-9,15H,1H3/b8-7+. The summed E-state index contributed by atoms with van der Waals surface area (Å²) in [6, 6.07) is 9.00. The van der Waals surface area contributed by atoms with Gasteiger partial charge >= 0.3 is 0 Å². The summed E-state index contributed by atoms with van der Waals surface area (Å²) >= 11 is 1.63. The Kier molecular flexibility index (Phi) is 3.37. The molecule has 3 heteroatoms. The lowest BCUT2D eigenvalue weighted by Crippen LogP contribution is -1.93. The van der Waals surface area contributed by atoms with E-state index in [2.05, 4.69) is 5.32 Å². The van der Waals surface area contributed by atoms with Crippen LogP contribution in [0.5, 0.6) is 0 Å². The molecular formula is C13H12FNS. The van der Waals surface area contributed by atoms with Crippen molar-refractivity contribution in [3.63, 3.8) is 0 Å². The van der Waals surface area contributed by atoms with Gasteiger partial charge in [0.1, 0.15) is 5.82 Å². The molecule has 0 aliphatic rings. The third-order valence-electron chi connectivity index (χ3n) is 2.28. The third kappa shape index (κ3) is 2.31. The van der Waals surface area contributed by atoms with E-state index in [0.29, 0.717) is 5.56 Å². The van der Waals surface area contributed by atoms with Gasteiger partial charge in [-0.15, -0.1) is 11.3 Å². The van der Waals surface area contributed by atoms with Gasteiger partial charge in [0.05, 0.1) is 0 Å². The maximum atomic E-state index is 13.6. The number of rotatable bonds is 3. The van der Waals surface area contributed by atoms with Crippen LogP contribution in [0.1, 0.15) is 10.4 Å². The van der Waals surface area contributed by atoms with Crippen molar-refractivity contribution in [2.24, 2.45) is 0 Å². The molecule has 1 aromatic heterocycles.